The molecule has 7 rings (SSSR count). The maximum absolute atomic E-state index is 14.8. The molecule has 3 aromatic rings. The number of alkyl carbamates (subject to hydrolysis) is 1. The predicted octanol–water partition coefficient (Wildman–Crippen LogP) is 9.30. The van der Waals surface area contributed by atoms with Crippen LogP contribution in [0, 0.1) is 17.3 Å². The topological polar surface area (TPSA) is 161 Å². The molecule has 3 aliphatic carbocycles. The number of ether oxygens (including phenoxy) is 3. The van der Waals surface area contributed by atoms with Crippen molar-refractivity contribution in [3.63, 3.8) is 0 Å². The van der Waals surface area contributed by atoms with Crippen molar-refractivity contribution in [1.82, 2.24) is 30.4 Å². The molecular weight excluding hydrogens is 877 g/mol. The Labute approximate surface area is 403 Å². The zero-order chi connectivity index (χ0) is 47.9. The van der Waals surface area contributed by atoms with Gasteiger partial charge >= 0.3 is 6.09 Å². The maximum atomic E-state index is 14.8. The summed E-state index contributed by atoms with van der Waals surface area (Å²) >= 11 is 1.10. The van der Waals surface area contributed by atoms with Gasteiger partial charge < -0.3 is 29.7 Å². The Balaban J connectivity index is 0.00000185. The highest BCUT2D eigenvalue weighted by molar-refractivity contribution is 7.92. The van der Waals surface area contributed by atoms with Gasteiger partial charge in [-0.1, -0.05) is 97.7 Å². The van der Waals surface area contributed by atoms with E-state index < -0.39 is 58.6 Å². The van der Waals surface area contributed by atoms with Gasteiger partial charge in [0.05, 0.1) is 30.5 Å². The van der Waals surface area contributed by atoms with Crippen LogP contribution in [-0.4, -0.2) is 93.7 Å². The lowest BCUT2D eigenvalue weighted by molar-refractivity contribution is -0.143. The monoisotopic (exact) mass is 951 g/mol. The minimum atomic E-state index is -1.30. The first kappa shape index (κ1) is 54.1. The Morgan fingerprint density at radius 3 is 2.23 bits per heavy atom. The summed E-state index contributed by atoms with van der Waals surface area (Å²) < 4.78 is 25.6. The first-order chi connectivity index (χ1) is 30.8. The van der Waals surface area contributed by atoms with Crippen molar-refractivity contribution in [2.75, 3.05) is 20.7 Å². The summed E-state index contributed by atoms with van der Waals surface area (Å²) in [6.45, 7) is 22.7. The molecule has 1 aliphatic heterocycles. The molecule has 4 fully saturated rings. The fraction of sp³-hybridized carbons (Fsp3) is 0.580. The summed E-state index contributed by atoms with van der Waals surface area (Å²) in [6, 6.07) is 15.0. The third-order valence-electron chi connectivity index (χ3n) is 11.8. The summed E-state index contributed by atoms with van der Waals surface area (Å²) in [6.07, 6.45) is 6.20. The van der Waals surface area contributed by atoms with Gasteiger partial charge in [0.2, 0.25) is 11.8 Å². The highest BCUT2D eigenvalue weighted by Crippen LogP contribution is 2.52. The standard InChI is InChI=1S/C46H60N6O8S.2C2H6.H2S/c1-10-30-26-46(30,41(55)50-51(8)61-60-45(20-21-45)25-28-16-17-28)49-39(53)36-23-32(27-52(36)40(54)38(43(2,3)4)48-42(56)59-44(5,6)7)58-37-24-34(29-14-12-11-13-15-29)47-35-22-31(57-9)18-19-33(35)37;2*1-2;/h10-15,18-19,22,24,28,30,32,36,38H,1,16-17,20-21,23,25-27H2,2-9H3,(H,48,56)(H,49,53)(H,50,55);2*1-2H3;1H2/t30-,32-,36?,38-,46-;;;/m1.../s1. The van der Waals surface area contributed by atoms with Crippen molar-refractivity contribution in [2.45, 2.75) is 149 Å². The van der Waals surface area contributed by atoms with Gasteiger partial charge in [-0.05, 0) is 69.9 Å². The predicted molar refractivity (Wildman–Crippen MR) is 267 cm³/mol. The average Bonchev–Trinajstić information content (AvgIpc) is 4.24. The highest BCUT2D eigenvalue weighted by Gasteiger charge is 2.61. The molecule has 364 valence electrons. The normalized spacial score (nSPS) is 21.9. The molecule has 3 N–H and O–H groups in total. The van der Waals surface area contributed by atoms with Crippen molar-refractivity contribution in [1.29, 1.82) is 0 Å². The number of carbonyl (C=O) groups is 4. The highest BCUT2D eigenvalue weighted by atomic mass is 32.2. The Morgan fingerprint density at radius 1 is 1.00 bits per heavy atom. The lowest BCUT2D eigenvalue weighted by atomic mass is 9.85. The number of benzene rings is 2. The van der Waals surface area contributed by atoms with Crippen LogP contribution < -0.4 is 25.5 Å². The van der Waals surface area contributed by atoms with E-state index in [0.717, 1.165) is 48.4 Å². The first-order valence-corrected chi connectivity index (χ1v) is 23.9. The fourth-order valence-corrected chi connectivity index (χ4v) is 8.62. The number of hydrogen-bond donors (Lipinski definition) is 3. The molecule has 16 heteroatoms. The number of carbonyl (C=O) groups excluding carboxylic acids is 4. The van der Waals surface area contributed by atoms with Crippen molar-refractivity contribution in [3.8, 4) is 22.8 Å². The number of methoxy groups -OCH3 is 1. The molecule has 14 nitrogen and oxygen atoms in total. The van der Waals surface area contributed by atoms with Gasteiger partial charge in [-0.15, -0.1) is 11.0 Å². The van der Waals surface area contributed by atoms with E-state index in [1.165, 1.54) is 22.2 Å². The summed E-state index contributed by atoms with van der Waals surface area (Å²) in [7, 11) is 3.30. The van der Waals surface area contributed by atoms with Crippen molar-refractivity contribution < 1.29 is 37.6 Å². The van der Waals surface area contributed by atoms with Gasteiger partial charge in [0.1, 0.15) is 53.1 Å². The molecule has 3 saturated carbocycles. The second-order valence-electron chi connectivity index (χ2n) is 19.1. The molecule has 0 bridgehead atoms. The zero-order valence-electron chi connectivity index (χ0n) is 41.0. The van der Waals surface area contributed by atoms with Gasteiger partial charge in [-0.2, -0.15) is 13.5 Å². The number of rotatable bonds is 16. The molecule has 1 aromatic heterocycles. The van der Waals surface area contributed by atoms with E-state index in [-0.39, 0.29) is 38.0 Å². The quantitative estimate of drug-likeness (QED) is 0.0544. The number of nitrogens with one attached hydrogen (secondary N) is 3. The van der Waals surface area contributed by atoms with Crippen LogP contribution in [0.1, 0.15) is 114 Å². The molecule has 66 heavy (non-hydrogen) atoms. The Hall–Kier alpha value is -4.51. The minimum absolute atomic E-state index is 0. The maximum Gasteiger partial charge on any atom is 0.408 e. The summed E-state index contributed by atoms with van der Waals surface area (Å²) in [5, 5.41) is 6.55. The third kappa shape index (κ3) is 13.6. The van der Waals surface area contributed by atoms with E-state index in [0.29, 0.717) is 29.1 Å². The number of fused-ring (bicyclic) bond motifs is 1. The smallest absolute Gasteiger partial charge is 0.408 e. The van der Waals surface area contributed by atoms with Crippen LogP contribution in [0.25, 0.3) is 22.2 Å². The summed E-state index contributed by atoms with van der Waals surface area (Å²) in [5.74, 6) is 0.108. The molecule has 0 radical (unpaired) electrons. The van der Waals surface area contributed by atoms with E-state index in [1.807, 2.05) is 103 Å². The van der Waals surface area contributed by atoms with Crippen LogP contribution in [-0.2, 0) is 23.3 Å². The fourth-order valence-electron chi connectivity index (χ4n) is 7.99. The molecule has 5 atom stereocenters. The van der Waals surface area contributed by atoms with Crippen LogP contribution in [0.15, 0.2) is 67.3 Å². The third-order valence-corrected chi connectivity index (χ3v) is 12.5. The number of pyridine rings is 1. The van der Waals surface area contributed by atoms with Gasteiger partial charge in [0, 0.05) is 42.5 Å². The van der Waals surface area contributed by atoms with Crippen LogP contribution >= 0.6 is 25.7 Å². The first-order valence-electron chi connectivity index (χ1n) is 23.2. The second-order valence-corrected chi connectivity index (χ2v) is 20.0. The molecule has 1 saturated heterocycles. The minimum Gasteiger partial charge on any atom is -0.497 e. The average molecular weight is 951 g/mol. The molecule has 0 spiro atoms. The lowest BCUT2D eigenvalue weighted by Gasteiger charge is -2.36. The van der Waals surface area contributed by atoms with Crippen LogP contribution in [0.3, 0.4) is 0 Å². The van der Waals surface area contributed by atoms with E-state index >= 15 is 0 Å². The Bertz CT molecular complexity index is 2160. The van der Waals surface area contributed by atoms with Gasteiger partial charge in [0.15, 0.2) is 0 Å². The summed E-state index contributed by atoms with van der Waals surface area (Å²) in [4.78, 5) is 63.1. The Morgan fingerprint density at radius 2 is 1.67 bits per heavy atom. The SMILES string of the molecule is C=C[C@@H]1C[C@]1(NC(=O)C1C[C@@H](Oc2cc(-c3ccccc3)nc3cc(OC)ccc23)CN1C(=O)[C@@H](NC(=O)OC(C)(C)C)C(C)(C)C)C(=O)NN(C)SOC1(CC2CC2)CC1.CC.CC.S. The molecule has 4 aliphatic rings. The largest absolute Gasteiger partial charge is 0.497 e. The van der Waals surface area contributed by atoms with Crippen molar-refractivity contribution in [2.24, 2.45) is 17.3 Å². The summed E-state index contributed by atoms with van der Waals surface area (Å²) in [5.41, 5.74) is 2.06. The van der Waals surface area contributed by atoms with E-state index in [9.17, 15) is 19.2 Å². The number of nitrogens with zero attached hydrogens (tertiary/aromatic N) is 3. The van der Waals surface area contributed by atoms with E-state index in [2.05, 4.69) is 22.6 Å². The van der Waals surface area contributed by atoms with Crippen molar-refractivity contribution >= 4 is 60.4 Å². The second kappa shape index (κ2) is 22.5. The lowest BCUT2D eigenvalue weighted by Crippen LogP contribution is -2.60. The molecule has 2 aromatic carbocycles. The number of hydrogen-bond acceptors (Lipinski definition) is 11. The Kier molecular flexibility index (Phi) is 18.5. The molecular formula is C50H74N6O8S2. The number of likely N-dealkylation sites (tertiary alicyclic amines) is 1. The number of aromatic nitrogens is 1. The van der Waals surface area contributed by atoms with Crippen LogP contribution in [0.4, 0.5) is 4.79 Å². The zero-order valence-corrected chi connectivity index (χ0v) is 42.9. The van der Waals surface area contributed by atoms with E-state index in [1.54, 1.807) is 41.0 Å². The molecule has 4 amide bonds. The van der Waals surface area contributed by atoms with Crippen LogP contribution in [0.5, 0.6) is 11.5 Å². The number of hydrazine groups is 1. The number of amides is 4. The van der Waals surface area contributed by atoms with E-state index in [4.69, 9.17) is 23.4 Å². The molecule has 2 heterocycles. The van der Waals surface area contributed by atoms with Crippen LogP contribution in [0.2, 0.25) is 0 Å². The van der Waals surface area contributed by atoms with Gasteiger partial charge in [-0.25, -0.2) is 9.78 Å². The van der Waals surface area contributed by atoms with Gasteiger partial charge in [-0.3, -0.25) is 24.0 Å². The van der Waals surface area contributed by atoms with Crippen molar-refractivity contribution in [3.05, 3.63) is 67.3 Å². The molecule has 1 unspecified atom stereocenters. The van der Waals surface area contributed by atoms with Gasteiger partial charge in [0.25, 0.3) is 5.91 Å².